The Labute approximate surface area is 126 Å². The lowest BCUT2D eigenvalue weighted by atomic mass is 9.81. The first-order chi connectivity index (χ1) is 9.50. The van der Waals surface area contributed by atoms with Gasteiger partial charge in [-0.25, -0.2) is 0 Å². The second-order valence-corrected chi connectivity index (χ2v) is 6.88. The molecule has 0 bridgehead atoms. The number of rotatable bonds is 8. The number of hydrogen-bond donors (Lipinski definition) is 1. The molecular formula is C19H33N. The van der Waals surface area contributed by atoms with Gasteiger partial charge in [-0.1, -0.05) is 84.1 Å². The van der Waals surface area contributed by atoms with Crippen molar-refractivity contribution in [1.82, 2.24) is 5.32 Å². The summed E-state index contributed by atoms with van der Waals surface area (Å²) in [6.07, 6.45) is 8.01. The minimum atomic E-state index is 0.216. The van der Waals surface area contributed by atoms with Crippen molar-refractivity contribution in [3.8, 4) is 0 Å². The highest BCUT2D eigenvalue weighted by molar-refractivity contribution is 5.35. The number of unbranched alkanes of at least 4 members (excludes halogenated alkanes) is 4. The lowest BCUT2D eigenvalue weighted by molar-refractivity contribution is 0.485. The van der Waals surface area contributed by atoms with E-state index in [4.69, 9.17) is 0 Å². The van der Waals surface area contributed by atoms with Crippen LogP contribution in [0.3, 0.4) is 0 Å². The SMILES string of the molecule is CCCCCCCC(NC)c1ccccc1C(C)(C)C. The summed E-state index contributed by atoms with van der Waals surface area (Å²) in [6, 6.07) is 9.42. The Morgan fingerprint density at radius 1 is 1.00 bits per heavy atom. The molecule has 0 radical (unpaired) electrons. The van der Waals surface area contributed by atoms with Gasteiger partial charge in [-0.05, 0) is 30.0 Å². The van der Waals surface area contributed by atoms with E-state index in [2.05, 4.69) is 64.3 Å². The van der Waals surface area contributed by atoms with Gasteiger partial charge in [0.25, 0.3) is 0 Å². The summed E-state index contributed by atoms with van der Waals surface area (Å²) in [6.45, 7) is 9.19. The van der Waals surface area contributed by atoms with Gasteiger partial charge in [0.05, 0.1) is 0 Å². The second-order valence-electron chi connectivity index (χ2n) is 6.88. The maximum absolute atomic E-state index is 3.52. The van der Waals surface area contributed by atoms with Gasteiger partial charge in [0.15, 0.2) is 0 Å². The van der Waals surface area contributed by atoms with Gasteiger partial charge >= 0.3 is 0 Å². The lowest BCUT2D eigenvalue weighted by Gasteiger charge is -2.27. The molecule has 1 heteroatoms. The van der Waals surface area contributed by atoms with Crippen molar-refractivity contribution < 1.29 is 0 Å². The molecule has 0 amide bonds. The third kappa shape index (κ3) is 5.28. The van der Waals surface area contributed by atoms with Crippen molar-refractivity contribution in [2.24, 2.45) is 0 Å². The van der Waals surface area contributed by atoms with E-state index in [9.17, 15) is 0 Å². The van der Waals surface area contributed by atoms with Gasteiger partial charge in [-0.3, -0.25) is 0 Å². The van der Waals surface area contributed by atoms with Gasteiger partial charge < -0.3 is 5.32 Å². The fourth-order valence-electron chi connectivity index (χ4n) is 2.89. The van der Waals surface area contributed by atoms with Crippen LogP contribution in [0.4, 0.5) is 0 Å². The Morgan fingerprint density at radius 2 is 1.65 bits per heavy atom. The Bertz CT molecular complexity index is 376. The van der Waals surface area contributed by atoms with Crippen LogP contribution in [0.15, 0.2) is 24.3 Å². The van der Waals surface area contributed by atoms with Crippen LogP contribution < -0.4 is 5.32 Å². The molecule has 1 N–H and O–H groups in total. The van der Waals surface area contributed by atoms with Gasteiger partial charge in [-0.15, -0.1) is 0 Å². The molecule has 0 aromatic heterocycles. The monoisotopic (exact) mass is 275 g/mol. The zero-order chi connectivity index (χ0) is 15.0. The molecule has 1 aromatic carbocycles. The molecular weight excluding hydrogens is 242 g/mol. The summed E-state index contributed by atoms with van der Waals surface area (Å²) in [7, 11) is 2.09. The summed E-state index contributed by atoms with van der Waals surface area (Å²) >= 11 is 0. The van der Waals surface area contributed by atoms with E-state index in [-0.39, 0.29) is 5.41 Å². The highest BCUT2D eigenvalue weighted by Crippen LogP contribution is 2.31. The number of hydrogen-bond acceptors (Lipinski definition) is 1. The first-order valence-electron chi connectivity index (χ1n) is 8.27. The zero-order valence-corrected chi connectivity index (χ0v) is 14.1. The van der Waals surface area contributed by atoms with E-state index in [1.54, 1.807) is 0 Å². The van der Waals surface area contributed by atoms with Crippen molar-refractivity contribution in [3.63, 3.8) is 0 Å². The van der Waals surface area contributed by atoms with Crippen LogP contribution in [0.5, 0.6) is 0 Å². The van der Waals surface area contributed by atoms with E-state index in [0.717, 1.165) is 0 Å². The van der Waals surface area contributed by atoms with E-state index >= 15 is 0 Å². The Morgan fingerprint density at radius 3 is 2.25 bits per heavy atom. The van der Waals surface area contributed by atoms with Crippen LogP contribution in [0, 0.1) is 0 Å². The molecule has 0 saturated carbocycles. The minimum Gasteiger partial charge on any atom is -0.313 e. The lowest BCUT2D eigenvalue weighted by Crippen LogP contribution is -2.22. The largest absolute Gasteiger partial charge is 0.313 e. The number of nitrogens with one attached hydrogen (secondary N) is 1. The zero-order valence-electron chi connectivity index (χ0n) is 14.1. The summed E-state index contributed by atoms with van der Waals surface area (Å²) in [5.74, 6) is 0. The van der Waals surface area contributed by atoms with Gasteiger partial charge in [0.1, 0.15) is 0 Å². The molecule has 1 rings (SSSR count). The Balaban J connectivity index is 2.70. The fourth-order valence-corrected chi connectivity index (χ4v) is 2.89. The molecule has 1 unspecified atom stereocenters. The van der Waals surface area contributed by atoms with Gasteiger partial charge in [0.2, 0.25) is 0 Å². The van der Waals surface area contributed by atoms with Crippen LogP contribution in [0.2, 0.25) is 0 Å². The number of benzene rings is 1. The summed E-state index contributed by atoms with van der Waals surface area (Å²) in [5.41, 5.74) is 3.18. The molecule has 20 heavy (non-hydrogen) atoms. The quantitative estimate of drug-likeness (QED) is 0.608. The van der Waals surface area contributed by atoms with Crippen LogP contribution in [-0.2, 0) is 5.41 Å². The fraction of sp³-hybridized carbons (Fsp3) is 0.684. The summed E-state index contributed by atoms with van der Waals surface area (Å²) in [4.78, 5) is 0. The molecule has 0 aliphatic rings. The maximum Gasteiger partial charge on any atom is 0.0320 e. The van der Waals surface area contributed by atoms with Crippen LogP contribution in [0.25, 0.3) is 0 Å². The molecule has 1 nitrogen and oxygen atoms in total. The molecule has 114 valence electrons. The van der Waals surface area contributed by atoms with E-state index in [1.807, 2.05) is 0 Å². The molecule has 0 aliphatic carbocycles. The highest BCUT2D eigenvalue weighted by Gasteiger charge is 2.21. The Kier molecular flexibility index (Phi) is 7.29. The van der Waals surface area contributed by atoms with Crippen LogP contribution in [0.1, 0.15) is 83.4 Å². The van der Waals surface area contributed by atoms with E-state index < -0.39 is 0 Å². The molecule has 0 aliphatic heterocycles. The molecule has 0 heterocycles. The highest BCUT2D eigenvalue weighted by atomic mass is 14.9. The van der Waals surface area contributed by atoms with E-state index in [1.165, 1.54) is 49.7 Å². The molecule has 1 aromatic rings. The van der Waals surface area contributed by atoms with E-state index in [0.29, 0.717) is 6.04 Å². The third-order valence-corrected chi connectivity index (χ3v) is 4.09. The van der Waals surface area contributed by atoms with Crippen molar-refractivity contribution in [2.75, 3.05) is 7.05 Å². The standard InChI is InChI=1S/C19H33N/c1-6-7-8-9-10-15-18(20-5)16-13-11-12-14-17(16)19(2,3)4/h11-14,18,20H,6-10,15H2,1-5H3. The second kappa shape index (κ2) is 8.46. The minimum absolute atomic E-state index is 0.216. The topological polar surface area (TPSA) is 12.0 Å². The van der Waals surface area contributed by atoms with Crippen molar-refractivity contribution >= 4 is 0 Å². The molecule has 0 spiro atoms. The van der Waals surface area contributed by atoms with Gasteiger partial charge in [0, 0.05) is 6.04 Å². The smallest absolute Gasteiger partial charge is 0.0320 e. The molecule has 1 atom stereocenters. The molecule has 0 fully saturated rings. The maximum atomic E-state index is 3.52. The van der Waals surface area contributed by atoms with Crippen LogP contribution in [-0.4, -0.2) is 7.05 Å². The molecule has 0 saturated heterocycles. The average molecular weight is 275 g/mol. The predicted octanol–water partition coefficient (Wildman–Crippen LogP) is 5.61. The summed E-state index contributed by atoms with van der Waals surface area (Å²) in [5, 5.41) is 3.52. The van der Waals surface area contributed by atoms with Crippen molar-refractivity contribution in [2.45, 2.75) is 77.7 Å². The summed E-state index contributed by atoms with van der Waals surface area (Å²) < 4.78 is 0. The van der Waals surface area contributed by atoms with Crippen molar-refractivity contribution in [1.29, 1.82) is 0 Å². The third-order valence-electron chi connectivity index (χ3n) is 4.09. The van der Waals surface area contributed by atoms with Gasteiger partial charge in [-0.2, -0.15) is 0 Å². The Hall–Kier alpha value is -0.820. The van der Waals surface area contributed by atoms with Crippen LogP contribution >= 0.6 is 0 Å². The normalized spacial score (nSPS) is 13.4. The predicted molar refractivity (Wildman–Crippen MR) is 90.3 cm³/mol. The first kappa shape index (κ1) is 17.2. The average Bonchev–Trinajstić information content (AvgIpc) is 2.42. The van der Waals surface area contributed by atoms with Crippen molar-refractivity contribution in [3.05, 3.63) is 35.4 Å². The first-order valence-corrected chi connectivity index (χ1v) is 8.27.